The Morgan fingerprint density at radius 2 is 2.20 bits per heavy atom. The van der Waals surface area contributed by atoms with Crippen molar-refractivity contribution < 1.29 is 4.79 Å². The number of nitrogens with two attached hydrogens (primary N) is 1. The lowest BCUT2D eigenvalue weighted by Gasteiger charge is -2.16. The van der Waals surface area contributed by atoms with Crippen LogP contribution >= 0.6 is 11.3 Å². The van der Waals surface area contributed by atoms with Crippen molar-refractivity contribution in [2.24, 2.45) is 5.73 Å². The van der Waals surface area contributed by atoms with Crippen molar-refractivity contribution in [1.29, 1.82) is 0 Å². The highest BCUT2D eigenvalue weighted by Crippen LogP contribution is 2.13. The topological polar surface area (TPSA) is 46.3 Å². The first-order chi connectivity index (χ1) is 9.70. The van der Waals surface area contributed by atoms with Crippen LogP contribution in [0.5, 0.6) is 0 Å². The third-order valence-corrected chi connectivity index (χ3v) is 3.62. The molecule has 20 heavy (non-hydrogen) atoms. The fourth-order valence-electron chi connectivity index (χ4n) is 1.83. The fraction of sp³-hybridized carbons (Fsp3) is 0.188. The fourth-order valence-corrected chi connectivity index (χ4v) is 2.55. The molecule has 4 heteroatoms. The second kappa shape index (κ2) is 6.90. The molecule has 0 saturated carbocycles. The minimum atomic E-state index is 0.0402. The van der Waals surface area contributed by atoms with E-state index in [1.807, 2.05) is 41.8 Å². The van der Waals surface area contributed by atoms with E-state index in [2.05, 4.69) is 11.8 Å². The molecule has 0 atom stereocenters. The summed E-state index contributed by atoms with van der Waals surface area (Å²) in [6.07, 6.45) is 0. The third-order valence-electron chi connectivity index (χ3n) is 2.76. The molecule has 2 aromatic rings. The first kappa shape index (κ1) is 14.3. The summed E-state index contributed by atoms with van der Waals surface area (Å²) < 4.78 is 0. The summed E-state index contributed by atoms with van der Waals surface area (Å²) in [5, 5.41) is 1.91. The van der Waals surface area contributed by atoms with Crippen molar-refractivity contribution in [3.8, 4) is 11.8 Å². The number of hydrogen-bond donors (Lipinski definition) is 1. The van der Waals surface area contributed by atoms with Crippen LogP contribution in [-0.2, 0) is 6.54 Å². The van der Waals surface area contributed by atoms with Gasteiger partial charge < -0.3 is 10.6 Å². The Balaban J connectivity index is 2.08. The van der Waals surface area contributed by atoms with Crippen molar-refractivity contribution in [1.82, 2.24) is 4.90 Å². The molecule has 2 N–H and O–H groups in total. The van der Waals surface area contributed by atoms with Crippen molar-refractivity contribution in [2.45, 2.75) is 6.54 Å². The van der Waals surface area contributed by atoms with E-state index in [-0.39, 0.29) is 5.91 Å². The van der Waals surface area contributed by atoms with Gasteiger partial charge in [-0.25, -0.2) is 0 Å². The van der Waals surface area contributed by atoms with Gasteiger partial charge >= 0.3 is 0 Å². The molecule has 102 valence electrons. The van der Waals surface area contributed by atoms with E-state index in [9.17, 15) is 4.79 Å². The zero-order valence-corrected chi connectivity index (χ0v) is 12.1. The van der Waals surface area contributed by atoms with Gasteiger partial charge in [0.25, 0.3) is 5.91 Å². The molecule has 0 bridgehead atoms. The molecule has 1 aromatic carbocycles. The first-order valence-electron chi connectivity index (χ1n) is 6.27. The number of amides is 1. The highest BCUT2D eigenvalue weighted by Gasteiger charge is 2.12. The number of carbonyl (C=O) groups is 1. The monoisotopic (exact) mass is 284 g/mol. The summed E-state index contributed by atoms with van der Waals surface area (Å²) in [6, 6.07) is 11.6. The smallest absolute Gasteiger partial charge is 0.263 e. The van der Waals surface area contributed by atoms with Gasteiger partial charge in [-0.2, -0.15) is 0 Å². The SMILES string of the molecule is CN(Cc1cccc(C#CCN)c1)C(=O)c1cccs1. The quantitative estimate of drug-likeness (QED) is 0.879. The van der Waals surface area contributed by atoms with E-state index >= 15 is 0 Å². The van der Waals surface area contributed by atoms with Crippen molar-refractivity contribution in [2.75, 3.05) is 13.6 Å². The molecule has 1 aromatic heterocycles. The van der Waals surface area contributed by atoms with Crippen molar-refractivity contribution >= 4 is 17.2 Å². The van der Waals surface area contributed by atoms with E-state index in [0.717, 1.165) is 16.0 Å². The third kappa shape index (κ3) is 3.70. The van der Waals surface area contributed by atoms with Crippen LogP contribution in [0.2, 0.25) is 0 Å². The molecule has 0 aliphatic heterocycles. The molecule has 0 radical (unpaired) electrons. The molecular weight excluding hydrogens is 268 g/mol. The van der Waals surface area contributed by atoms with E-state index in [1.54, 1.807) is 11.9 Å². The standard InChI is InChI=1S/C16H16N2OS/c1-18(16(19)15-8-4-10-20-15)12-14-6-2-5-13(11-14)7-3-9-17/h2,4-6,8,10-11H,9,12,17H2,1H3. The first-order valence-corrected chi connectivity index (χ1v) is 7.15. The van der Waals surface area contributed by atoms with E-state index < -0.39 is 0 Å². The Kier molecular flexibility index (Phi) is 4.94. The summed E-state index contributed by atoms with van der Waals surface area (Å²) in [7, 11) is 1.81. The van der Waals surface area contributed by atoms with Crippen LogP contribution in [-0.4, -0.2) is 24.4 Å². The summed E-state index contributed by atoms with van der Waals surface area (Å²) in [5.41, 5.74) is 7.34. The van der Waals surface area contributed by atoms with E-state index in [0.29, 0.717) is 13.1 Å². The Labute approximate surface area is 123 Å². The lowest BCUT2D eigenvalue weighted by atomic mass is 10.1. The molecule has 0 unspecified atom stereocenters. The van der Waals surface area contributed by atoms with Crippen LogP contribution in [0, 0.1) is 11.8 Å². The highest BCUT2D eigenvalue weighted by atomic mass is 32.1. The summed E-state index contributed by atoms with van der Waals surface area (Å²) in [4.78, 5) is 14.6. The maximum absolute atomic E-state index is 12.2. The molecule has 3 nitrogen and oxygen atoms in total. The van der Waals surface area contributed by atoms with Crippen LogP contribution < -0.4 is 5.73 Å². The Morgan fingerprint density at radius 3 is 2.90 bits per heavy atom. The van der Waals surface area contributed by atoms with Crippen LogP contribution in [0.3, 0.4) is 0 Å². The summed E-state index contributed by atoms with van der Waals surface area (Å²) >= 11 is 1.46. The number of carbonyl (C=O) groups excluding carboxylic acids is 1. The van der Waals surface area contributed by atoms with Crippen LogP contribution in [0.15, 0.2) is 41.8 Å². The molecule has 1 heterocycles. The highest BCUT2D eigenvalue weighted by molar-refractivity contribution is 7.12. The second-order valence-corrected chi connectivity index (χ2v) is 5.29. The van der Waals surface area contributed by atoms with Gasteiger partial charge in [-0.15, -0.1) is 11.3 Å². The van der Waals surface area contributed by atoms with E-state index in [1.165, 1.54) is 11.3 Å². The lowest BCUT2D eigenvalue weighted by Crippen LogP contribution is -2.25. The molecule has 0 aliphatic carbocycles. The van der Waals surface area contributed by atoms with Gasteiger partial charge in [-0.1, -0.05) is 30.0 Å². The Hall–Kier alpha value is -2.09. The van der Waals surface area contributed by atoms with Crippen LogP contribution in [0.25, 0.3) is 0 Å². The normalized spacial score (nSPS) is 9.70. The molecule has 0 saturated heterocycles. The summed E-state index contributed by atoms with van der Waals surface area (Å²) in [6.45, 7) is 0.913. The molecule has 0 fully saturated rings. The average molecular weight is 284 g/mol. The van der Waals surface area contributed by atoms with Gasteiger partial charge in [0, 0.05) is 19.2 Å². The van der Waals surface area contributed by atoms with Gasteiger partial charge in [-0.3, -0.25) is 4.79 Å². The van der Waals surface area contributed by atoms with Crippen LogP contribution in [0.4, 0.5) is 0 Å². The Morgan fingerprint density at radius 1 is 1.35 bits per heavy atom. The van der Waals surface area contributed by atoms with Gasteiger partial charge in [0.2, 0.25) is 0 Å². The average Bonchev–Trinajstić information content (AvgIpc) is 2.98. The van der Waals surface area contributed by atoms with Crippen molar-refractivity contribution in [3.63, 3.8) is 0 Å². The molecular formula is C16H16N2OS. The lowest BCUT2D eigenvalue weighted by molar-refractivity contribution is 0.0790. The van der Waals surface area contributed by atoms with Gasteiger partial charge in [-0.05, 0) is 29.1 Å². The number of nitrogens with zero attached hydrogens (tertiary/aromatic N) is 1. The zero-order valence-electron chi connectivity index (χ0n) is 11.3. The minimum Gasteiger partial charge on any atom is -0.337 e. The number of hydrogen-bond acceptors (Lipinski definition) is 3. The zero-order chi connectivity index (χ0) is 14.4. The molecule has 0 spiro atoms. The van der Waals surface area contributed by atoms with E-state index in [4.69, 9.17) is 5.73 Å². The van der Waals surface area contributed by atoms with Crippen LogP contribution in [0.1, 0.15) is 20.8 Å². The van der Waals surface area contributed by atoms with Crippen molar-refractivity contribution in [3.05, 3.63) is 57.8 Å². The number of benzene rings is 1. The summed E-state index contributed by atoms with van der Waals surface area (Å²) in [5.74, 6) is 5.87. The minimum absolute atomic E-state index is 0.0402. The van der Waals surface area contributed by atoms with Gasteiger partial charge in [0.1, 0.15) is 0 Å². The largest absolute Gasteiger partial charge is 0.337 e. The van der Waals surface area contributed by atoms with Gasteiger partial charge in [0.05, 0.1) is 11.4 Å². The molecule has 0 aliphatic rings. The Bertz CT molecular complexity index is 638. The maximum atomic E-state index is 12.2. The predicted molar refractivity (Wildman–Crippen MR) is 82.5 cm³/mol. The number of thiophene rings is 1. The van der Waals surface area contributed by atoms with Gasteiger partial charge in [0.15, 0.2) is 0 Å². The molecule has 2 rings (SSSR count). The number of rotatable bonds is 3. The maximum Gasteiger partial charge on any atom is 0.263 e. The second-order valence-electron chi connectivity index (χ2n) is 4.34. The predicted octanol–water partition coefficient (Wildman–Crippen LogP) is 2.33. The molecule has 1 amide bonds.